The number of benzene rings is 2. The number of para-hydroxylation sites is 1. The molecule has 4 rings (SSSR count). The van der Waals surface area contributed by atoms with Crippen molar-refractivity contribution in [3.05, 3.63) is 89.0 Å². The number of hydrogen-bond donors (Lipinski definition) is 1. The molecular weight excluding hydrogens is 338 g/mol. The highest BCUT2D eigenvalue weighted by molar-refractivity contribution is 5.80. The highest BCUT2D eigenvalue weighted by atomic mass is 19.1. The highest BCUT2D eigenvalue weighted by Crippen LogP contribution is 2.21. The molecule has 0 radical (unpaired) electrons. The molecule has 1 N–H and O–H groups in total. The molecule has 2 heterocycles. The van der Waals surface area contributed by atoms with Gasteiger partial charge in [0.05, 0.1) is 28.5 Å². The van der Waals surface area contributed by atoms with E-state index in [9.17, 15) is 13.6 Å². The van der Waals surface area contributed by atoms with Crippen molar-refractivity contribution in [3.63, 3.8) is 0 Å². The summed E-state index contributed by atoms with van der Waals surface area (Å²) in [7, 11) is 0. The Kier molecular flexibility index (Phi) is 3.89. The second-order valence-electron chi connectivity index (χ2n) is 5.55. The van der Waals surface area contributed by atoms with E-state index in [1.54, 1.807) is 30.3 Å². The quantitative estimate of drug-likeness (QED) is 0.610. The Bertz CT molecular complexity index is 1160. The summed E-state index contributed by atoms with van der Waals surface area (Å²) in [5.74, 6) is -0.997. The Balaban J connectivity index is 2.00. The van der Waals surface area contributed by atoms with Gasteiger partial charge in [-0.1, -0.05) is 18.2 Å². The van der Waals surface area contributed by atoms with Crippen molar-refractivity contribution in [2.24, 2.45) is 0 Å². The van der Waals surface area contributed by atoms with Crippen LogP contribution in [0, 0.1) is 11.6 Å². The molecule has 0 aliphatic carbocycles. The van der Waals surface area contributed by atoms with Gasteiger partial charge in [-0.25, -0.2) is 18.3 Å². The second kappa shape index (κ2) is 6.36. The van der Waals surface area contributed by atoms with E-state index in [-0.39, 0.29) is 17.0 Å². The minimum Gasteiger partial charge on any atom is -0.323 e. The van der Waals surface area contributed by atoms with Crippen LogP contribution in [0.1, 0.15) is 0 Å². The Morgan fingerprint density at radius 1 is 1.00 bits per heavy atom. The van der Waals surface area contributed by atoms with Gasteiger partial charge in [0.1, 0.15) is 5.82 Å². The molecule has 0 amide bonds. The Morgan fingerprint density at radius 3 is 2.58 bits per heavy atom. The van der Waals surface area contributed by atoms with Crippen LogP contribution in [0.2, 0.25) is 0 Å². The number of aromatic nitrogens is 3. The molecular formula is C19H12F2N4O. The van der Waals surface area contributed by atoms with Gasteiger partial charge in [-0.2, -0.15) is 0 Å². The summed E-state index contributed by atoms with van der Waals surface area (Å²) in [5.41, 5.74) is 0.490. The van der Waals surface area contributed by atoms with E-state index in [4.69, 9.17) is 0 Å². The second-order valence-corrected chi connectivity index (χ2v) is 5.55. The van der Waals surface area contributed by atoms with E-state index in [0.29, 0.717) is 11.2 Å². The fourth-order valence-corrected chi connectivity index (χ4v) is 2.66. The number of rotatable bonds is 3. The molecule has 5 nitrogen and oxygen atoms in total. The van der Waals surface area contributed by atoms with Crippen molar-refractivity contribution in [2.75, 3.05) is 5.32 Å². The monoisotopic (exact) mass is 350 g/mol. The zero-order valence-electron chi connectivity index (χ0n) is 13.4. The third-order valence-corrected chi connectivity index (χ3v) is 3.86. The van der Waals surface area contributed by atoms with Crippen LogP contribution in [0.25, 0.3) is 16.6 Å². The topological polar surface area (TPSA) is 59.8 Å². The molecule has 0 fully saturated rings. The smallest absolute Gasteiger partial charge is 0.267 e. The summed E-state index contributed by atoms with van der Waals surface area (Å²) in [4.78, 5) is 21.1. The maximum atomic E-state index is 14.0. The summed E-state index contributed by atoms with van der Waals surface area (Å²) >= 11 is 0. The van der Waals surface area contributed by atoms with Gasteiger partial charge in [0.2, 0.25) is 5.95 Å². The predicted octanol–water partition coefficient (Wildman–Crippen LogP) is 3.80. The lowest BCUT2D eigenvalue weighted by Gasteiger charge is -2.15. The van der Waals surface area contributed by atoms with Crippen LogP contribution >= 0.6 is 0 Å². The molecule has 0 aliphatic heterocycles. The number of hydrogen-bond acceptors (Lipinski definition) is 4. The van der Waals surface area contributed by atoms with Gasteiger partial charge in [0.25, 0.3) is 5.56 Å². The zero-order valence-corrected chi connectivity index (χ0v) is 13.4. The first-order valence-electron chi connectivity index (χ1n) is 7.78. The van der Waals surface area contributed by atoms with Crippen molar-refractivity contribution >= 4 is 22.5 Å². The van der Waals surface area contributed by atoms with Crippen molar-refractivity contribution < 1.29 is 8.78 Å². The van der Waals surface area contributed by atoms with E-state index in [2.05, 4.69) is 15.3 Å². The van der Waals surface area contributed by atoms with Crippen LogP contribution in [0.5, 0.6) is 0 Å². The predicted molar refractivity (Wildman–Crippen MR) is 94.8 cm³/mol. The van der Waals surface area contributed by atoms with Crippen LogP contribution in [0.4, 0.5) is 20.4 Å². The maximum absolute atomic E-state index is 14.0. The molecule has 128 valence electrons. The maximum Gasteiger partial charge on any atom is 0.267 e. The van der Waals surface area contributed by atoms with E-state index in [0.717, 1.165) is 12.3 Å². The number of halogens is 2. The fourth-order valence-electron chi connectivity index (χ4n) is 2.66. The van der Waals surface area contributed by atoms with Gasteiger partial charge in [-0.15, -0.1) is 0 Å². The fraction of sp³-hybridized carbons (Fsp3) is 0. The van der Waals surface area contributed by atoms with E-state index in [1.165, 1.54) is 29.0 Å². The molecule has 0 bridgehead atoms. The lowest BCUT2D eigenvalue weighted by Crippen LogP contribution is -2.23. The minimum absolute atomic E-state index is 0.116. The van der Waals surface area contributed by atoms with Crippen LogP contribution in [-0.2, 0) is 0 Å². The summed E-state index contributed by atoms with van der Waals surface area (Å²) in [6, 6.07) is 14.0. The number of anilines is 2. The lowest BCUT2D eigenvalue weighted by atomic mass is 10.2. The molecule has 0 saturated heterocycles. The molecule has 7 heteroatoms. The minimum atomic E-state index is -0.583. The summed E-state index contributed by atoms with van der Waals surface area (Å²) < 4.78 is 28.9. The van der Waals surface area contributed by atoms with Crippen molar-refractivity contribution in [1.29, 1.82) is 0 Å². The molecule has 0 atom stereocenters. The molecule has 0 spiro atoms. The lowest BCUT2D eigenvalue weighted by molar-refractivity contribution is 0.625. The SMILES string of the molecule is O=c1c2cc(F)ccc2nc(Nc2ccncc2F)n1-c1ccccc1. The van der Waals surface area contributed by atoms with E-state index >= 15 is 0 Å². The van der Waals surface area contributed by atoms with Crippen LogP contribution < -0.4 is 10.9 Å². The standard InChI is InChI=1S/C19H12F2N4O/c20-12-6-7-16-14(10-12)18(26)25(13-4-2-1-3-5-13)19(23-16)24-17-8-9-22-11-15(17)21/h1-11H,(H,22,23,24). The first-order valence-corrected chi connectivity index (χ1v) is 7.78. The van der Waals surface area contributed by atoms with Crippen molar-refractivity contribution in [3.8, 4) is 5.69 Å². The number of nitrogens with one attached hydrogen (secondary N) is 1. The van der Waals surface area contributed by atoms with Crippen molar-refractivity contribution in [1.82, 2.24) is 14.5 Å². The highest BCUT2D eigenvalue weighted by Gasteiger charge is 2.15. The molecule has 2 aromatic carbocycles. The molecule has 0 unspecified atom stereocenters. The number of fused-ring (bicyclic) bond motifs is 1. The normalized spacial score (nSPS) is 10.8. The van der Waals surface area contributed by atoms with Crippen molar-refractivity contribution in [2.45, 2.75) is 0 Å². The number of nitrogens with zero attached hydrogens (tertiary/aromatic N) is 3. The third kappa shape index (κ3) is 2.79. The zero-order chi connectivity index (χ0) is 18.1. The molecule has 0 saturated carbocycles. The summed E-state index contributed by atoms with van der Waals surface area (Å²) in [6.07, 6.45) is 2.48. The van der Waals surface area contributed by atoms with Gasteiger partial charge in [0.15, 0.2) is 5.82 Å². The Morgan fingerprint density at radius 2 is 1.81 bits per heavy atom. The van der Waals surface area contributed by atoms with Gasteiger partial charge < -0.3 is 5.32 Å². The Hall–Kier alpha value is -3.61. The number of pyridine rings is 1. The van der Waals surface area contributed by atoms with Gasteiger partial charge in [0, 0.05) is 6.20 Å². The summed E-state index contributed by atoms with van der Waals surface area (Å²) in [5, 5.41) is 2.96. The molecule has 4 aromatic rings. The largest absolute Gasteiger partial charge is 0.323 e. The van der Waals surface area contributed by atoms with Crippen LogP contribution in [0.3, 0.4) is 0 Å². The Labute approximate surface area is 146 Å². The first-order chi connectivity index (χ1) is 12.6. The summed E-state index contributed by atoms with van der Waals surface area (Å²) in [6.45, 7) is 0. The average molecular weight is 350 g/mol. The van der Waals surface area contributed by atoms with Gasteiger partial charge in [-0.3, -0.25) is 9.78 Å². The molecule has 26 heavy (non-hydrogen) atoms. The first kappa shape index (κ1) is 15.9. The van der Waals surface area contributed by atoms with Gasteiger partial charge >= 0.3 is 0 Å². The van der Waals surface area contributed by atoms with E-state index < -0.39 is 17.2 Å². The van der Waals surface area contributed by atoms with Crippen LogP contribution in [-0.4, -0.2) is 14.5 Å². The van der Waals surface area contributed by atoms with Crippen LogP contribution in [0.15, 0.2) is 71.8 Å². The average Bonchev–Trinajstić information content (AvgIpc) is 2.65. The van der Waals surface area contributed by atoms with E-state index in [1.807, 2.05) is 0 Å². The third-order valence-electron chi connectivity index (χ3n) is 3.86. The molecule has 0 aliphatic rings. The molecule has 2 aromatic heterocycles. The van der Waals surface area contributed by atoms with Gasteiger partial charge in [-0.05, 0) is 36.4 Å².